The molecule has 0 aromatic rings. The van der Waals surface area contributed by atoms with Gasteiger partial charge in [0.2, 0.25) is 0 Å². The lowest BCUT2D eigenvalue weighted by atomic mass is 9.62. The smallest absolute Gasteiger partial charge is 0.102 e. The number of piperidine rings is 1. The maximum atomic E-state index is 6.20. The van der Waals surface area contributed by atoms with Gasteiger partial charge in [-0.2, -0.15) is 0 Å². The van der Waals surface area contributed by atoms with Crippen LogP contribution >= 0.6 is 0 Å². The molecule has 20 heavy (non-hydrogen) atoms. The second-order valence-corrected chi connectivity index (χ2v) is 8.88. The molecule has 2 bridgehead atoms. The average Bonchev–Trinajstić information content (AvgIpc) is 2.94. The minimum atomic E-state index is 0.0663. The van der Waals surface area contributed by atoms with Crippen molar-refractivity contribution in [1.29, 1.82) is 0 Å². The van der Waals surface area contributed by atoms with Gasteiger partial charge in [-0.3, -0.25) is 0 Å². The molecule has 0 unspecified atom stereocenters. The zero-order valence-corrected chi connectivity index (χ0v) is 13.2. The van der Waals surface area contributed by atoms with Gasteiger partial charge in [0.25, 0.3) is 0 Å². The van der Waals surface area contributed by atoms with Crippen LogP contribution in [0, 0.1) is 17.3 Å². The monoisotopic (exact) mass is 275 g/mol. The van der Waals surface area contributed by atoms with Gasteiger partial charge in [-0.05, 0) is 55.8 Å². The van der Waals surface area contributed by atoms with E-state index < -0.39 is 0 Å². The molecular formula is C18H29NO. The Kier molecular flexibility index (Phi) is 2.74. The van der Waals surface area contributed by atoms with Crippen molar-refractivity contribution in [3.8, 4) is 0 Å². The van der Waals surface area contributed by atoms with Crippen LogP contribution in [0.3, 0.4) is 0 Å². The van der Waals surface area contributed by atoms with Crippen molar-refractivity contribution in [2.24, 2.45) is 17.3 Å². The molecule has 4 rings (SSSR count). The van der Waals surface area contributed by atoms with Crippen LogP contribution in [0.25, 0.3) is 0 Å². The molecule has 0 aromatic heterocycles. The van der Waals surface area contributed by atoms with E-state index in [1.165, 1.54) is 38.5 Å². The summed E-state index contributed by atoms with van der Waals surface area (Å²) in [5.74, 6) is 1.67. The Hall–Kier alpha value is -0.340. The van der Waals surface area contributed by atoms with E-state index in [1.807, 2.05) is 0 Å². The molecule has 2 heteroatoms. The first kappa shape index (κ1) is 13.3. The summed E-state index contributed by atoms with van der Waals surface area (Å²) in [6, 6.07) is 0. The zero-order valence-electron chi connectivity index (χ0n) is 13.2. The SMILES string of the molecule is CC(C)(C)C1CCC2(CC1)C[C@@H]1C[C@H]3C=C[C@]1(CN2)O3. The molecule has 3 aliphatic heterocycles. The number of hydrogen-bond donors (Lipinski definition) is 1. The average molecular weight is 275 g/mol. The highest BCUT2D eigenvalue weighted by Crippen LogP contribution is 2.52. The van der Waals surface area contributed by atoms with Gasteiger partial charge in [-0.15, -0.1) is 0 Å². The van der Waals surface area contributed by atoms with E-state index in [9.17, 15) is 0 Å². The van der Waals surface area contributed by atoms with Crippen LogP contribution in [0.4, 0.5) is 0 Å². The van der Waals surface area contributed by atoms with Gasteiger partial charge >= 0.3 is 0 Å². The van der Waals surface area contributed by atoms with Crippen molar-refractivity contribution in [1.82, 2.24) is 5.32 Å². The second kappa shape index (κ2) is 4.10. The molecule has 0 radical (unpaired) electrons. The zero-order chi connectivity index (χ0) is 14.0. The number of nitrogens with one attached hydrogen (secondary N) is 1. The number of ether oxygens (including phenoxy) is 1. The molecule has 1 N–H and O–H groups in total. The largest absolute Gasteiger partial charge is 0.362 e. The summed E-state index contributed by atoms with van der Waals surface area (Å²) in [5.41, 5.74) is 0.978. The normalized spacial score (nSPS) is 50.6. The first-order valence-corrected chi connectivity index (χ1v) is 8.53. The van der Waals surface area contributed by atoms with Crippen LogP contribution in [-0.2, 0) is 4.74 Å². The van der Waals surface area contributed by atoms with E-state index >= 15 is 0 Å². The first-order valence-electron chi connectivity index (χ1n) is 8.53. The fourth-order valence-electron chi connectivity index (χ4n) is 5.26. The predicted molar refractivity (Wildman–Crippen MR) is 81.6 cm³/mol. The fourth-order valence-corrected chi connectivity index (χ4v) is 5.26. The van der Waals surface area contributed by atoms with Crippen LogP contribution in [0.1, 0.15) is 59.3 Å². The molecule has 1 aliphatic carbocycles. The van der Waals surface area contributed by atoms with Gasteiger partial charge in [0.15, 0.2) is 0 Å². The van der Waals surface area contributed by atoms with Crippen LogP contribution in [0.15, 0.2) is 12.2 Å². The van der Waals surface area contributed by atoms with Crippen LogP contribution in [0.2, 0.25) is 0 Å². The maximum Gasteiger partial charge on any atom is 0.102 e. The third-order valence-electron chi connectivity index (χ3n) is 6.72. The van der Waals surface area contributed by atoms with E-state index in [2.05, 4.69) is 38.2 Å². The Balaban J connectivity index is 1.46. The molecule has 0 amide bonds. The maximum absolute atomic E-state index is 6.20. The van der Waals surface area contributed by atoms with Crippen molar-refractivity contribution in [3.05, 3.63) is 12.2 Å². The molecule has 2 spiro atoms. The topological polar surface area (TPSA) is 21.3 Å². The number of fused-ring (bicyclic) bond motifs is 1. The minimum Gasteiger partial charge on any atom is -0.362 e. The number of rotatable bonds is 0. The lowest BCUT2D eigenvalue weighted by molar-refractivity contribution is -0.0345. The van der Waals surface area contributed by atoms with Gasteiger partial charge in [0.05, 0.1) is 6.10 Å². The highest BCUT2D eigenvalue weighted by Gasteiger charge is 2.56. The van der Waals surface area contributed by atoms with E-state index in [0.29, 0.717) is 17.1 Å². The predicted octanol–water partition coefficient (Wildman–Crippen LogP) is 3.67. The Morgan fingerprint density at radius 3 is 2.60 bits per heavy atom. The minimum absolute atomic E-state index is 0.0663. The van der Waals surface area contributed by atoms with Crippen molar-refractivity contribution < 1.29 is 4.74 Å². The van der Waals surface area contributed by atoms with E-state index in [0.717, 1.165) is 18.4 Å². The highest BCUT2D eigenvalue weighted by atomic mass is 16.5. The van der Waals surface area contributed by atoms with Crippen LogP contribution in [-0.4, -0.2) is 23.8 Å². The Morgan fingerprint density at radius 2 is 1.95 bits per heavy atom. The summed E-state index contributed by atoms with van der Waals surface area (Å²) in [4.78, 5) is 0. The lowest BCUT2D eigenvalue weighted by Gasteiger charge is -2.52. The Bertz CT molecular complexity index is 427. The van der Waals surface area contributed by atoms with Crippen molar-refractivity contribution >= 4 is 0 Å². The van der Waals surface area contributed by atoms with Gasteiger partial charge in [-0.1, -0.05) is 32.9 Å². The summed E-state index contributed by atoms with van der Waals surface area (Å²) in [5, 5.41) is 3.92. The summed E-state index contributed by atoms with van der Waals surface area (Å²) >= 11 is 0. The molecule has 4 aliphatic rings. The second-order valence-electron chi connectivity index (χ2n) is 8.88. The molecule has 0 aromatic carbocycles. The lowest BCUT2D eigenvalue weighted by Crippen LogP contribution is -2.61. The van der Waals surface area contributed by atoms with Gasteiger partial charge < -0.3 is 10.1 Å². The summed E-state index contributed by atoms with van der Waals surface area (Å²) < 4.78 is 6.20. The summed E-state index contributed by atoms with van der Waals surface area (Å²) in [6.45, 7) is 8.28. The molecule has 3 heterocycles. The molecule has 1 saturated carbocycles. The van der Waals surface area contributed by atoms with E-state index in [4.69, 9.17) is 4.74 Å². The van der Waals surface area contributed by atoms with Crippen LogP contribution < -0.4 is 5.32 Å². The first-order chi connectivity index (χ1) is 9.41. The van der Waals surface area contributed by atoms with Crippen molar-refractivity contribution in [2.45, 2.75) is 76.5 Å². The summed E-state index contributed by atoms with van der Waals surface area (Å²) in [7, 11) is 0. The molecule has 2 nitrogen and oxygen atoms in total. The Labute approximate surface area is 123 Å². The quantitative estimate of drug-likeness (QED) is 0.681. The van der Waals surface area contributed by atoms with E-state index in [1.54, 1.807) is 0 Å². The van der Waals surface area contributed by atoms with Crippen molar-refractivity contribution in [3.63, 3.8) is 0 Å². The van der Waals surface area contributed by atoms with Gasteiger partial charge in [-0.25, -0.2) is 0 Å². The molecule has 2 saturated heterocycles. The Morgan fingerprint density at radius 1 is 1.20 bits per heavy atom. The summed E-state index contributed by atoms with van der Waals surface area (Å²) in [6.07, 6.45) is 13.2. The van der Waals surface area contributed by atoms with Gasteiger partial charge in [0, 0.05) is 12.1 Å². The molecule has 3 fully saturated rings. The van der Waals surface area contributed by atoms with Crippen molar-refractivity contribution in [2.75, 3.05) is 6.54 Å². The van der Waals surface area contributed by atoms with Crippen LogP contribution in [0.5, 0.6) is 0 Å². The molecule has 112 valence electrons. The van der Waals surface area contributed by atoms with E-state index in [-0.39, 0.29) is 5.60 Å². The third-order valence-corrected chi connectivity index (χ3v) is 6.72. The third kappa shape index (κ3) is 1.91. The number of hydrogen-bond acceptors (Lipinski definition) is 2. The molecule has 3 atom stereocenters. The standard InChI is InChI=1S/C18H29NO/c1-16(2,3)13-4-7-17(8-5-13)11-14-10-15-6-9-18(14,20-15)12-19-17/h6,9,13-15,19H,4-5,7-8,10-12H2,1-3H3/t13?,14-,15+,17?,18+/m0/s1. The van der Waals surface area contributed by atoms with Gasteiger partial charge in [0.1, 0.15) is 5.60 Å². The highest BCUT2D eigenvalue weighted by molar-refractivity contribution is 5.24. The molecular weight excluding hydrogens is 246 g/mol. The fraction of sp³-hybridized carbons (Fsp3) is 0.889.